The van der Waals surface area contributed by atoms with Crippen LogP contribution in [-0.2, 0) is 14.6 Å². The Hall–Kier alpha value is -0.330. The van der Waals surface area contributed by atoms with Crippen LogP contribution in [0, 0.1) is 0 Å². The maximum absolute atomic E-state index is 11.7. The predicted octanol–water partition coefficient (Wildman–Crippen LogP) is -0.337. The summed E-state index contributed by atoms with van der Waals surface area (Å²) in [4.78, 5) is 13.2. The molecule has 1 aliphatic heterocycles. The largest absolute Gasteiger partial charge is 0.339 e. The highest BCUT2D eigenvalue weighted by Gasteiger charge is 2.41. The summed E-state index contributed by atoms with van der Waals surface area (Å²) in [5.41, 5.74) is 0. The van der Waals surface area contributed by atoms with E-state index in [0.29, 0.717) is 6.54 Å². The van der Waals surface area contributed by atoms with E-state index in [-0.39, 0.29) is 37.2 Å². The Balaban J connectivity index is 0.00000225. The second-order valence-corrected chi connectivity index (χ2v) is 7.17. The Morgan fingerprint density at radius 3 is 2.44 bits per heavy atom. The SMILES string of the molecule is CNCC(=O)N1CCS(=O)(=O)C(C)(C)C1.Cl. The molecule has 16 heavy (non-hydrogen) atoms. The average molecular weight is 271 g/mol. The summed E-state index contributed by atoms with van der Waals surface area (Å²) in [6, 6.07) is 0. The third-order valence-electron chi connectivity index (χ3n) is 2.72. The van der Waals surface area contributed by atoms with Crippen LogP contribution in [-0.4, -0.2) is 56.4 Å². The summed E-state index contributed by atoms with van der Waals surface area (Å²) >= 11 is 0. The van der Waals surface area contributed by atoms with Crippen LogP contribution < -0.4 is 5.32 Å². The molecule has 1 saturated heterocycles. The number of carbonyl (C=O) groups excluding carboxylic acids is 1. The predicted molar refractivity (Wildman–Crippen MR) is 65.6 cm³/mol. The highest BCUT2D eigenvalue weighted by atomic mass is 35.5. The number of rotatable bonds is 2. The summed E-state index contributed by atoms with van der Waals surface area (Å²) in [6.45, 7) is 4.19. The molecule has 0 spiro atoms. The van der Waals surface area contributed by atoms with E-state index in [1.165, 1.54) is 0 Å². The molecule has 1 amide bonds. The van der Waals surface area contributed by atoms with Gasteiger partial charge in [0.05, 0.1) is 17.0 Å². The molecule has 1 N–H and O–H groups in total. The molecule has 0 saturated carbocycles. The molecule has 1 rings (SSSR count). The van der Waals surface area contributed by atoms with Gasteiger partial charge in [0.25, 0.3) is 0 Å². The number of halogens is 1. The molecule has 1 heterocycles. The summed E-state index contributed by atoms with van der Waals surface area (Å²) in [6.07, 6.45) is 0. The molecular formula is C9H19ClN2O3S. The molecule has 0 aromatic rings. The zero-order valence-corrected chi connectivity index (χ0v) is 11.4. The lowest BCUT2D eigenvalue weighted by atomic mass is 10.2. The van der Waals surface area contributed by atoms with E-state index in [0.717, 1.165) is 0 Å². The fourth-order valence-corrected chi connectivity index (χ4v) is 2.99. The lowest BCUT2D eigenvalue weighted by Crippen LogP contribution is -2.55. The molecule has 5 nitrogen and oxygen atoms in total. The molecule has 0 aromatic carbocycles. The molecule has 1 fully saturated rings. The van der Waals surface area contributed by atoms with Crippen molar-refractivity contribution in [3.05, 3.63) is 0 Å². The number of amides is 1. The molecule has 0 aromatic heterocycles. The fourth-order valence-electron chi connectivity index (χ4n) is 1.62. The van der Waals surface area contributed by atoms with Crippen molar-refractivity contribution in [1.82, 2.24) is 10.2 Å². The van der Waals surface area contributed by atoms with Crippen LogP contribution in [0.2, 0.25) is 0 Å². The zero-order valence-electron chi connectivity index (χ0n) is 9.82. The second-order valence-electron chi connectivity index (χ2n) is 4.42. The van der Waals surface area contributed by atoms with Gasteiger partial charge in [-0.2, -0.15) is 0 Å². The van der Waals surface area contributed by atoms with Crippen molar-refractivity contribution in [2.75, 3.05) is 32.4 Å². The van der Waals surface area contributed by atoms with E-state index < -0.39 is 14.6 Å². The van der Waals surface area contributed by atoms with Gasteiger partial charge in [-0.05, 0) is 20.9 Å². The van der Waals surface area contributed by atoms with Crippen molar-refractivity contribution in [2.24, 2.45) is 0 Å². The summed E-state index contributed by atoms with van der Waals surface area (Å²) in [7, 11) is -1.36. The van der Waals surface area contributed by atoms with Gasteiger partial charge in [0.15, 0.2) is 9.84 Å². The standard InChI is InChI=1S/C9H18N2O3S.ClH/c1-9(2)7-11(8(12)6-10-3)4-5-15(9,13)14;/h10H,4-7H2,1-3H3;1H. The number of hydrogen-bond donors (Lipinski definition) is 1. The van der Waals surface area contributed by atoms with E-state index in [2.05, 4.69) is 5.32 Å². The normalized spacial score (nSPS) is 22.3. The van der Waals surface area contributed by atoms with Crippen LogP contribution in [0.15, 0.2) is 0 Å². The van der Waals surface area contributed by atoms with Crippen molar-refractivity contribution < 1.29 is 13.2 Å². The van der Waals surface area contributed by atoms with E-state index in [9.17, 15) is 13.2 Å². The number of carbonyl (C=O) groups is 1. The smallest absolute Gasteiger partial charge is 0.236 e. The fraction of sp³-hybridized carbons (Fsp3) is 0.889. The molecule has 7 heteroatoms. The molecule has 0 radical (unpaired) electrons. The van der Waals surface area contributed by atoms with E-state index in [1.54, 1.807) is 25.8 Å². The maximum atomic E-state index is 11.7. The van der Waals surface area contributed by atoms with Gasteiger partial charge in [0.1, 0.15) is 0 Å². The van der Waals surface area contributed by atoms with Crippen LogP contribution in [0.3, 0.4) is 0 Å². The third-order valence-corrected chi connectivity index (χ3v) is 5.26. The Bertz CT molecular complexity index is 354. The molecule has 96 valence electrons. The van der Waals surface area contributed by atoms with Gasteiger partial charge in [-0.25, -0.2) is 8.42 Å². The van der Waals surface area contributed by atoms with Gasteiger partial charge in [-0.3, -0.25) is 4.79 Å². The van der Waals surface area contributed by atoms with Crippen LogP contribution >= 0.6 is 12.4 Å². The van der Waals surface area contributed by atoms with Crippen LogP contribution in [0.25, 0.3) is 0 Å². The topological polar surface area (TPSA) is 66.5 Å². The third kappa shape index (κ3) is 3.09. The summed E-state index contributed by atoms with van der Waals surface area (Å²) in [5, 5.41) is 2.77. The number of sulfone groups is 1. The Kier molecular flexibility index (Phi) is 5.22. The van der Waals surface area contributed by atoms with Gasteiger partial charge in [0.2, 0.25) is 5.91 Å². The van der Waals surface area contributed by atoms with Crippen molar-refractivity contribution in [3.63, 3.8) is 0 Å². The zero-order chi connectivity index (χ0) is 11.7. The van der Waals surface area contributed by atoms with E-state index >= 15 is 0 Å². The first-order valence-electron chi connectivity index (χ1n) is 4.95. The quantitative estimate of drug-likeness (QED) is 0.746. The molecule has 1 aliphatic rings. The maximum Gasteiger partial charge on any atom is 0.236 e. The van der Waals surface area contributed by atoms with Crippen molar-refractivity contribution in [1.29, 1.82) is 0 Å². The van der Waals surface area contributed by atoms with Crippen LogP contribution in [0.5, 0.6) is 0 Å². The Morgan fingerprint density at radius 1 is 1.44 bits per heavy atom. The molecule has 0 unspecified atom stereocenters. The van der Waals surface area contributed by atoms with Gasteiger partial charge < -0.3 is 10.2 Å². The van der Waals surface area contributed by atoms with Crippen LogP contribution in [0.4, 0.5) is 0 Å². The first-order valence-corrected chi connectivity index (χ1v) is 6.60. The molecule has 0 bridgehead atoms. The lowest BCUT2D eigenvalue weighted by molar-refractivity contribution is -0.130. The second kappa shape index (κ2) is 5.33. The molecule has 0 aliphatic carbocycles. The lowest BCUT2D eigenvalue weighted by Gasteiger charge is -2.37. The minimum atomic E-state index is -3.06. The number of likely N-dealkylation sites (N-methyl/N-ethyl adjacent to an activating group) is 1. The van der Waals surface area contributed by atoms with Crippen molar-refractivity contribution in [2.45, 2.75) is 18.6 Å². The number of nitrogens with zero attached hydrogens (tertiary/aromatic N) is 1. The van der Waals surface area contributed by atoms with Crippen molar-refractivity contribution >= 4 is 28.2 Å². The van der Waals surface area contributed by atoms with Gasteiger partial charge in [-0.15, -0.1) is 12.4 Å². The monoisotopic (exact) mass is 270 g/mol. The first-order chi connectivity index (χ1) is 6.80. The Labute approximate surface area is 103 Å². The minimum Gasteiger partial charge on any atom is -0.339 e. The molecular weight excluding hydrogens is 252 g/mol. The van der Waals surface area contributed by atoms with Gasteiger partial charge >= 0.3 is 0 Å². The Morgan fingerprint density at radius 2 is 2.00 bits per heavy atom. The first kappa shape index (κ1) is 15.7. The van der Waals surface area contributed by atoms with Crippen LogP contribution in [0.1, 0.15) is 13.8 Å². The average Bonchev–Trinajstić information content (AvgIpc) is 2.10. The van der Waals surface area contributed by atoms with Gasteiger partial charge in [0, 0.05) is 13.1 Å². The summed E-state index contributed by atoms with van der Waals surface area (Å²) < 4.78 is 22.5. The minimum absolute atomic E-state index is 0. The number of hydrogen-bond acceptors (Lipinski definition) is 4. The van der Waals surface area contributed by atoms with E-state index in [4.69, 9.17) is 0 Å². The van der Waals surface area contributed by atoms with Gasteiger partial charge in [-0.1, -0.05) is 0 Å². The number of nitrogens with one attached hydrogen (secondary N) is 1. The van der Waals surface area contributed by atoms with Crippen molar-refractivity contribution in [3.8, 4) is 0 Å². The van der Waals surface area contributed by atoms with E-state index in [1.807, 2.05) is 0 Å². The highest BCUT2D eigenvalue weighted by molar-refractivity contribution is 7.92. The highest BCUT2D eigenvalue weighted by Crippen LogP contribution is 2.23. The summed E-state index contributed by atoms with van der Waals surface area (Å²) in [5.74, 6) is 0.0237. The molecule has 0 atom stereocenters.